The predicted molar refractivity (Wildman–Crippen MR) is 318 cm³/mol. The lowest BCUT2D eigenvalue weighted by atomic mass is 10.0. The number of carbonyl (C=O) groups excluding carboxylic acids is 1. The van der Waals surface area contributed by atoms with E-state index in [0.29, 0.717) is 17.4 Å². The molecule has 8 nitrogen and oxygen atoms in total. The maximum Gasteiger partial charge on any atom is 0.472 e. The molecule has 73 heavy (non-hydrogen) atoms. The lowest BCUT2D eigenvalue weighted by Gasteiger charge is -2.25. The summed E-state index contributed by atoms with van der Waals surface area (Å²) in [5.41, 5.74) is 0. The number of aliphatic hydroxyl groups is 1. The number of quaternary nitrogens is 1. The molecule has 0 aliphatic heterocycles. The van der Waals surface area contributed by atoms with Crippen molar-refractivity contribution in [2.24, 2.45) is 0 Å². The Labute approximate surface area is 453 Å². The molecule has 426 valence electrons. The minimum atomic E-state index is -4.36. The highest BCUT2D eigenvalue weighted by Gasteiger charge is 2.27. The maximum absolute atomic E-state index is 13.0. The quantitative estimate of drug-likeness (QED) is 0.0243. The van der Waals surface area contributed by atoms with Crippen molar-refractivity contribution >= 4 is 13.7 Å². The van der Waals surface area contributed by atoms with Gasteiger partial charge in [0.05, 0.1) is 39.9 Å². The fourth-order valence-electron chi connectivity index (χ4n) is 8.79. The Morgan fingerprint density at radius 2 is 0.795 bits per heavy atom. The largest absolute Gasteiger partial charge is 0.472 e. The van der Waals surface area contributed by atoms with E-state index in [1.807, 2.05) is 27.2 Å². The summed E-state index contributed by atoms with van der Waals surface area (Å²) in [4.78, 5) is 23.3. The molecule has 0 heterocycles. The van der Waals surface area contributed by atoms with Gasteiger partial charge in [-0.25, -0.2) is 4.57 Å². The van der Waals surface area contributed by atoms with E-state index in [0.717, 1.165) is 57.8 Å². The van der Waals surface area contributed by atoms with Gasteiger partial charge in [-0.2, -0.15) is 0 Å². The number of hydrogen-bond acceptors (Lipinski definition) is 5. The molecular weight excluding hydrogens is 924 g/mol. The number of allylic oxidation sites excluding steroid dienone is 11. The lowest BCUT2D eigenvalue weighted by molar-refractivity contribution is -0.870. The van der Waals surface area contributed by atoms with Crippen molar-refractivity contribution in [3.05, 3.63) is 72.9 Å². The number of rotatable bonds is 56. The van der Waals surface area contributed by atoms with E-state index in [9.17, 15) is 19.4 Å². The fourth-order valence-corrected chi connectivity index (χ4v) is 9.52. The van der Waals surface area contributed by atoms with Crippen LogP contribution in [0, 0.1) is 0 Å². The zero-order valence-corrected chi connectivity index (χ0v) is 49.5. The molecule has 0 spiro atoms. The Balaban J connectivity index is 4.17. The topological polar surface area (TPSA) is 105 Å². The Bertz CT molecular complexity index is 1420. The SMILES string of the molecule is CCCCCCC/C=C\C/C=C\C/C=C\CCCCCCCCCCCCCCCCCCC(=O)NC(COP(=O)(O)OCC[N+](C)(C)C)C(O)/C=C/CC/C=C/CC/C=C/CCCCCCCCCCCC. The van der Waals surface area contributed by atoms with E-state index in [-0.39, 0.29) is 19.1 Å². The second-order valence-electron chi connectivity index (χ2n) is 22.1. The first-order chi connectivity index (χ1) is 35.5. The average molecular weight is 1040 g/mol. The van der Waals surface area contributed by atoms with Gasteiger partial charge in [0.25, 0.3) is 0 Å². The van der Waals surface area contributed by atoms with Crippen molar-refractivity contribution in [3.63, 3.8) is 0 Å². The fraction of sp³-hybridized carbons (Fsp3) is 0.797. The number of carbonyl (C=O) groups is 1. The highest BCUT2D eigenvalue weighted by Crippen LogP contribution is 2.43. The summed E-state index contributed by atoms with van der Waals surface area (Å²) in [6.45, 7) is 4.79. The summed E-state index contributed by atoms with van der Waals surface area (Å²) in [6.07, 6.45) is 75.9. The van der Waals surface area contributed by atoms with E-state index >= 15 is 0 Å². The third-order valence-electron chi connectivity index (χ3n) is 13.6. The van der Waals surface area contributed by atoms with Crippen LogP contribution in [0.5, 0.6) is 0 Å². The molecule has 3 N–H and O–H groups in total. The third kappa shape index (κ3) is 57.5. The number of nitrogens with one attached hydrogen (secondary N) is 1. The van der Waals surface area contributed by atoms with Crippen molar-refractivity contribution in [2.45, 2.75) is 289 Å². The van der Waals surface area contributed by atoms with Gasteiger partial charge in [-0.3, -0.25) is 13.8 Å². The summed E-state index contributed by atoms with van der Waals surface area (Å²) in [6, 6.07) is -0.873. The van der Waals surface area contributed by atoms with Crippen LogP contribution >= 0.6 is 7.82 Å². The molecule has 0 saturated heterocycles. The molecule has 0 bridgehead atoms. The second-order valence-corrected chi connectivity index (χ2v) is 23.5. The molecule has 0 saturated carbocycles. The van der Waals surface area contributed by atoms with Crippen LogP contribution in [0.4, 0.5) is 0 Å². The van der Waals surface area contributed by atoms with Crippen molar-refractivity contribution in [3.8, 4) is 0 Å². The summed E-state index contributed by atoms with van der Waals surface area (Å²) >= 11 is 0. The molecule has 3 unspecified atom stereocenters. The third-order valence-corrected chi connectivity index (χ3v) is 14.6. The number of phosphoric acid groups is 1. The Morgan fingerprint density at radius 1 is 0.466 bits per heavy atom. The Morgan fingerprint density at radius 3 is 1.19 bits per heavy atom. The van der Waals surface area contributed by atoms with E-state index < -0.39 is 20.0 Å². The van der Waals surface area contributed by atoms with Gasteiger partial charge >= 0.3 is 7.82 Å². The van der Waals surface area contributed by atoms with Crippen LogP contribution in [0.1, 0.15) is 277 Å². The van der Waals surface area contributed by atoms with Gasteiger partial charge in [-0.1, -0.05) is 260 Å². The molecule has 0 aromatic rings. The molecule has 3 atom stereocenters. The van der Waals surface area contributed by atoms with Crippen LogP contribution in [-0.2, 0) is 18.4 Å². The van der Waals surface area contributed by atoms with E-state index in [2.05, 4.69) is 79.9 Å². The molecule has 0 aromatic heterocycles. The number of hydrogen-bond donors (Lipinski definition) is 3. The highest BCUT2D eigenvalue weighted by molar-refractivity contribution is 7.47. The first kappa shape index (κ1) is 70.9. The van der Waals surface area contributed by atoms with Crippen LogP contribution in [0.25, 0.3) is 0 Å². The van der Waals surface area contributed by atoms with Crippen molar-refractivity contribution in [1.29, 1.82) is 0 Å². The molecule has 0 fully saturated rings. The minimum Gasteiger partial charge on any atom is -0.387 e. The highest BCUT2D eigenvalue weighted by atomic mass is 31.2. The molecule has 0 radical (unpaired) electrons. The number of amides is 1. The zero-order chi connectivity index (χ0) is 53.5. The summed E-state index contributed by atoms with van der Waals surface area (Å²) in [7, 11) is 1.55. The number of likely N-dealkylation sites (N-methyl/N-ethyl adjacent to an activating group) is 1. The molecule has 0 rings (SSSR count). The summed E-state index contributed by atoms with van der Waals surface area (Å²) in [5.74, 6) is -0.190. The summed E-state index contributed by atoms with van der Waals surface area (Å²) < 4.78 is 23.7. The summed E-state index contributed by atoms with van der Waals surface area (Å²) in [5, 5.41) is 13.9. The minimum absolute atomic E-state index is 0.0519. The smallest absolute Gasteiger partial charge is 0.387 e. The molecule has 0 aromatic carbocycles. The van der Waals surface area contributed by atoms with Gasteiger partial charge in [0.1, 0.15) is 13.2 Å². The van der Waals surface area contributed by atoms with Gasteiger partial charge < -0.3 is 19.8 Å². The zero-order valence-electron chi connectivity index (χ0n) is 48.6. The van der Waals surface area contributed by atoms with Gasteiger partial charge in [0.2, 0.25) is 5.91 Å². The van der Waals surface area contributed by atoms with Gasteiger partial charge in [0.15, 0.2) is 0 Å². The molecule has 1 amide bonds. The number of phosphoric ester groups is 1. The molecule has 0 aliphatic rings. The van der Waals surface area contributed by atoms with Crippen LogP contribution in [0.15, 0.2) is 72.9 Å². The van der Waals surface area contributed by atoms with Crippen molar-refractivity contribution in [1.82, 2.24) is 5.32 Å². The van der Waals surface area contributed by atoms with E-state index in [1.54, 1.807) is 6.08 Å². The molecular formula is C64H120N2O6P+. The van der Waals surface area contributed by atoms with Crippen molar-refractivity contribution in [2.75, 3.05) is 40.9 Å². The molecule has 0 aliphatic carbocycles. The average Bonchev–Trinajstić information content (AvgIpc) is 3.35. The normalized spacial score (nSPS) is 14.3. The Hall–Kier alpha value is -2.06. The van der Waals surface area contributed by atoms with Gasteiger partial charge in [-0.15, -0.1) is 0 Å². The number of unbranched alkanes of at least 4 members (excludes halogenated alkanes) is 33. The first-order valence-corrected chi connectivity index (χ1v) is 32.3. The van der Waals surface area contributed by atoms with Crippen LogP contribution < -0.4 is 5.32 Å². The second kappa shape index (κ2) is 54.7. The lowest BCUT2D eigenvalue weighted by Crippen LogP contribution is -2.45. The van der Waals surface area contributed by atoms with E-state index in [4.69, 9.17) is 9.05 Å². The monoisotopic (exact) mass is 1040 g/mol. The first-order valence-electron chi connectivity index (χ1n) is 30.8. The predicted octanol–water partition coefficient (Wildman–Crippen LogP) is 19.0. The standard InChI is InChI=1S/C64H119N2O6P/c1-6-8-10-12-14-16-18-20-22-24-26-28-29-30-31-32-33-34-35-36-37-38-40-42-44-46-48-50-52-54-56-58-64(68)65-62(61-72-73(69,70)71-60-59-66(3,4)5)63(67)57-55-53-51-49-47-45-43-41-39-27-25-23-21-19-17-15-13-11-9-7-2/h18,20,24,26,29-30,39,41,47,49,55,57,62-63,67H,6-17,19,21-23,25,27-28,31-38,40,42-46,48,50-54,56,58-61H2,1-5H3,(H-,65,68,69,70)/p+1/b20-18-,26-24-,30-29-,41-39+,49-47+,57-55+. The van der Waals surface area contributed by atoms with Crippen LogP contribution in [-0.4, -0.2) is 73.4 Å². The van der Waals surface area contributed by atoms with Crippen LogP contribution in [0.2, 0.25) is 0 Å². The van der Waals surface area contributed by atoms with Gasteiger partial charge in [-0.05, 0) is 83.5 Å². The van der Waals surface area contributed by atoms with Gasteiger partial charge in [0, 0.05) is 6.42 Å². The van der Waals surface area contributed by atoms with Crippen molar-refractivity contribution < 1.29 is 32.9 Å². The van der Waals surface area contributed by atoms with E-state index in [1.165, 1.54) is 199 Å². The Kier molecular flexibility index (Phi) is 53.2. The van der Waals surface area contributed by atoms with Crippen LogP contribution in [0.3, 0.4) is 0 Å². The number of aliphatic hydroxyl groups excluding tert-OH is 1. The number of nitrogens with zero attached hydrogens (tertiary/aromatic N) is 1. The maximum atomic E-state index is 13.0. The molecule has 9 heteroatoms.